The van der Waals surface area contributed by atoms with Gasteiger partial charge in [0.2, 0.25) is 6.08 Å². The Bertz CT molecular complexity index is 1800. The number of anilines is 1. The number of phosphoric acid groups is 2. The van der Waals surface area contributed by atoms with E-state index in [0.717, 1.165) is 42.7 Å². The molecule has 4 aromatic rings. The SMILES string of the molecule is CCCCc1nc2c(N)nc3cc(CCCOCCCN=C=O)ccc3c2n1Cc1cc(OP(=O)(O)O)ccc1OP(=O)(O)O. The van der Waals surface area contributed by atoms with E-state index in [1.165, 1.54) is 18.2 Å². The summed E-state index contributed by atoms with van der Waals surface area (Å²) in [4.78, 5) is 60.7. The van der Waals surface area contributed by atoms with Crippen LogP contribution in [0.5, 0.6) is 11.5 Å². The first-order valence-corrected chi connectivity index (χ1v) is 17.3. The molecule has 2 aromatic carbocycles. The summed E-state index contributed by atoms with van der Waals surface area (Å²) in [6.45, 7) is 3.41. The molecule has 0 atom stereocenters. The number of nitrogens with zero attached hydrogens (tertiary/aromatic N) is 4. The number of aliphatic imine (C=N–C) groups is 1. The van der Waals surface area contributed by atoms with E-state index >= 15 is 0 Å². The lowest BCUT2D eigenvalue weighted by atomic mass is 10.1. The maximum Gasteiger partial charge on any atom is 0.524 e. The van der Waals surface area contributed by atoms with Crippen molar-refractivity contribution in [3.8, 4) is 11.5 Å². The molecular weight excluding hydrogens is 628 g/mol. The number of aryl methyl sites for hydroxylation is 2. The van der Waals surface area contributed by atoms with Crippen molar-refractivity contribution < 1.29 is 47.3 Å². The van der Waals surface area contributed by atoms with Crippen molar-refractivity contribution in [1.29, 1.82) is 0 Å². The maximum atomic E-state index is 11.8. The molecule has 0 aliphatic rings. The van der Waals surface area contributed by atoms with Crippen LogP contribution in [0.3, 0.4) is 0 Å². The number of imidazole rings is 1. The Labute approximate surface area is 258 Å². The first kappa shape index (κ1) is 34.2. The second kappa shape index (κ2) is 15.1. The Hall–Kier alpha value is -3.64. The highest BCUT2D eigenvalue weighted by atomic mass is 31.2. The van der Waals surface area contributed by atoms with Crippen LogP contribution in [0.4, 0.5) is 5.82 Å². The molecule has 0 saturated heterocycles. The molecule has 242 valence electrons. The van der Waals surface area contributed by atoms with Crippen LogP contribution in [0.2, 0.25) is 0 Å². The van der Waals surface area contributed by atoms with Crippen molar-refractivity contribution >= 4 is 49.5 Å². The third-order valence-corrected chi connectivity index (χ3v) is 7.66. The number of rotatable bonds is 17. The Morgan fingerprint density at radius 1 is 0.956 bits per heavy atom. The summed E-state index contributed by atoms with van der Waals surface area (Å²) in [6, 6.07) is 9.39. The summed E-state index contributed by atoms with van der Waals surface area (Å²) in [6.07, 6.45) is 5.84. The molecule has 4 rings (SSSR count). The van der Waals surface area contributed by atoms with Gasteiger partial charge in [-0.1, -0.05) is 25.5 Å². The first-order chi connectivity index (χ1) is 21.4. The third-order valence-electron chi connectivity index (χ3n) is 6.78. The fourth-order valence-electron chi connectivity index (χ4n) is 4.89. The minimum atomic E-state index is -4.99. The number of fused-ring (bicyclic) bond motifs is 3. The molecule has 0 aliphatic heterocycles. The summed E-state index contributed by atoms with van der Waals surface area (Å²) >= 11 is 0. The molecule has 0 aliphatic carbocycles. The van der Waals surface area contributed by atoms with Gasteiger partial charge in [0.25, 0.3) is 0 Å². The second-order valence-electron chi connectivity index (χ2n) is 10.2. The monoisotopic (exact) mass is 663 g/mol. The molecule has 0 bridgehead atoms. The molecule has 15 nitrogen and oxygen atoms in total. The fraction of sp³-hybridized carbons (Fsp3) is 0.393. The molecule has 45 heavy (non-hydrogen) atoms. The zero-order valence-corrected chi connectivity index (χ0v) is 26.3. The number of carbonyl (C=O) groups excluding carboxylic acids is 1. The molecule has 0 fully saturated rings. The Balaban J connectivity index is 1.72. The lowest BCUT2D eigenvalue weighted by Gasteiger charge is -2.17. The highest BCUT2D eigenvalue weighted by Crippen LogP contribution is 2.43. The number of nitrogens with two attached hydrogens (primary N) is 1. The number of benzene rings is 2. The zero-order valence-electron chi connectivity index (χ0n) is 24.5. The summed E-state index contributed by atoms with van der Waals surface area (Å²) in [5, 5.41) is 0.741. The molecule has 2 heterocycles. The Morgan fingerprint density at radius 3 is 2.42 bits per heavy atom. The van der Waals surface area contributed by atoms with E-state index in [2.05, 4.69) is 9.98 Å². The molecular formula is C28H35N5O10P2. The van der Waals surface area contributed by atoms with E-state index in [1.807, 2.05) is 29.7 Å². The Morgan fingerprint density at radius 2 is 1.71 bits per heavy atom. The van der Waals surface area contributed by atoms with E-state index in [4.69, 9.17) is 24.5 Å². The van der Waals surface area contributed by atoms with Crippen LogP contribution in [0.15, 0.2) is 41.4 Å². The van der Waals surface area contributed by atoms with Crippen LogP contribution in [0, 0.1) is 0 Å². The van der Waals surface area contributed by atoms with Crippen molar-refractivity contribution in [2.75, 3.05) is 25.5 Å². The number of phosphoric ester groups is 2. The van der Waals surface area contributed by atoms with Gasteiger partial charge in [0.05, 0.1) is 24.1 Å². The molecule has 0 spiro atoms. The predicted molar refractivity (Wildman–Crippen MR) is 166 cm³/mol. The number of hydrogen-bond donors (Lipinski definition) is 5. The van der Waals surface area contributed by atoms with Crippen LogP contribution < -0.4 is 14.8 Å². The lowest BCUT2D eigenvalue weighted by Crippen LogP contribution is -2.08. The van der Waals surface area contributed by atoms with Gasteiger partial charge in [-0.15, -0.1) is 0 Å². The minimum Gasteiger partial charge on any atom is -0.404 e. The molecule has 2 aromatic heterocycles. The number of hydrogen-bond acceptors (Lipinski definition) is 10. The van der Waals surface area contributed by atoms with Gasteiger partial charge in [0.1, 0.15) is 22.8 Å². The third kappa shape index (κ3) is 9.67. The summed E-state index contributed by atoms with van der Waals surface area (Å²) in [7, 11) is -9.91. The van der Waals surface area contributed by atoms with Gasteiger partial charge in [0.15, 0.2) is 5.82 Å². The van der Waals surface area contributed by atoms with Gasteiger partial charge in [-0.3, -0.25) is 19.6 Å². The van der Waals surface area contributed by atoms with Crippen LogP contribution in [-0.2, 0) is 38.0 Å². The van der Waals surface area contributed by atoms with Crippen molar-refractivity contribution in [2.45, 2.75) is 52.0 Å². The topological polar surface area (TPSA) is 229 Å². The summed E-state index contributed by atoms with van der Waals surface area (Å²) < 4.78 is 40.4. The largest absolute Gasteiger partial charge is 0.524 e. The second-order valence-corrected chi connectivity index (χ2v) is 12.6. The summed E-state index contributed by atoms with van der Waals surface area (Å²) in [5.41, 5.74) is 9.31. The van der Waals surface area contributed by atoms with Crippen LogP contribution in [0.1, 0.15) is 49.6 Å². The van der Waals surface area contributed by atoms with E-state index in [-0.39, 0.29) is 29.4 Å². The lowest BCUT2D eigenvalue weighted by molar-refractivity contribution is 0.131. The smallest absolute Gasteiger partial charge is 0.404 e. The van der Waals surface area contributed by atoms with Crippen LogP contribution in [-0.4, -0.2) is 59.9 Å². The van der Waals surface area contributed by atoms with Gasteiger partial charge in [-0.2, -0.15) is 0 Å². The fourth-order valence-corrected chi connectivity index (χ4v) is 5.71. The summed E-state index contributed by atoms with van der Waals surface area (Å²) in [5.74, 6) is 0.427. The molecule has 0 saturated carbocycles. The number of nitrogen functional groups attached to an aromatic ring is 1. The maximum absolute atomic E-state index is 11.8. The molecule has 6 N–H and O–H groups in total. The predicted octanol–water partition coefficient (Wildman–Crippen LogP) is 4.18. The first-order valence-electron chi connectivity index (χ1n) is 14.2. The van der Waals surface area contributed by atoms with Crippen LogP contribution >= 0.6 is 15.6 Å². The normalized spacial score (nSPS) is 12.0. The molecule has 0 radical (unpaired) electrons. The van der Waals surface area contributed by atoms with E-state index < -0.39 is 15.6 Å². The number of pyridine rings is 1. The van der Waals surface area contributed by atoms with Crippen molar-refractivity contribution in [2.24, 2.45) is 4.99 Å². The van der Waals surface area contributed by atoms with Gasteiger partial charge < -0.3 is 24.1 Å². The zero-order chi connectivity index (χ0) is 32.6. The van der Waals surface area contributed by atoms with Crippen molar-refractivity contribution in [3.63, 3.8) is 0 Å². The minimum absolute atomic E-state index is 0.0426. The molecule has 17 heteroatoms. The molecule has 0 amide bonds. The van der Waals surface area contributed by atoms with E-state index in [9.17, 15) is 33.5 Å². The highest BCUT2D eigenvalue weighted by Gasteiger charge is 2.24. The van der Waals surface area contributed by atoms with Gasteiger partial charge in [-0.25, -0.2) is 28.9 Å². The average Bonchev–Trinajstić information content (AvgIpc) is 3.32. The Kier molecular flexibility index (Phi) is 11.5. The standard InChI is InChI=1S/C28H35N5O10P2/c1-2-3-7-25-32-26-27(33(25)17-20-16-21(42-44(35,36)37)9-11-24(20)43-45(38,39)40)22-10-8-19(15-23(22)31-28(26)29)6-4-13-41-14-5-12-30-18-34/h8-11,15-16H,2-7,12-14,17H2,1H3,(H2,29,31)(H2,35,36,37)(H2,38,39,40). The number of ether oxygens (including phenoxy) is 1. The van der Waals surface area contributed by atoms with Gasteiger partial charge >= 0.3 is 15.6 Å². The van der Waals surface area contributed by atoms with Crippen molar-refractivity contribution in [3.05, 3.63) is 53.3 Å². The number of aromatic nitrogens is 3. The molecule has 0 unspecified atom stereocenters. The van der Waals surface area contributed by atoms with E-state index in [1.54, 1.807) is 0 Å². The van der Waals surface area contributed by atoms with Crippen molar-refractivity contribution in [1.82, 2.24) is 14.5 Å². The van der Waals surface area contributed by atoms with Gasteiger partial charge in [-0.05, 0) is 55.5 Å². The van der Waals surface area contributed by atoms with Gasteiger partial charge in [0, 0.05) is 30.6 Å². The number of isocyanates is 1. The average molecular weight is 664 g/mol. The quantitative estimate of drug-likeness (QED) is 0.0463. The highest BCUT2D eigenvalue weighted by molar-refractivity contribution is 7.47. The van der Waals surface area contributed by atoms with E-state index in [0.29, 0.717) is 55.0 Å². The van der Waals surface area contributed by atoms with Crippen LogP contribution in [0.25, 0.3) is 21.9 Å². The number of unbranched alkanes of at least 4 members (excludes halogenated alkanes) is 1.